The first-order chi connectivity index (χ1) is 10.3. The van der Waals surface area contributed by atoms with Crippen molar-refractivity contribution in [1.29, 1.82) is 5.26 Å². The number of hydrogen-bond donors (Lipinski definition) is 1. The quantitative estimate of drug-likeness (QED) is 0.768. The van der Waals surface area contributed by atoms with Crippen molar-refractivity contribution < 1.29 is 4.74 Å². The number of ether oxygens (including phenoxy) is 1. The van der Waals surface area contributed by atoms with E-state index >= 15 is 0 Å². The normalized spacial score (nSPS) is 10.0. The summed E-state index contributed by atoms with van der Waals surface area (Å²) in [5.41, 5.74) is 6.01. The Balaban J connectivity index is 1.98. The zero-order chi connectivity index (χ0) is 14.7. The van der Waals surface area contributed by atoms with Crippen molar-refractivity contribution in [2.45, 2.75) is 0 Å². The van der Waals surface area contributed by atoms with Gasteiger partial charge in [0, 0.05) is 12.4 Å². The molecular formula is C13H9N7O. The molecule has 0 aliphatic carbocycles. The van der Waals surface area contributed by atoms with E-state index in [-0.39, 0.29) is 17.9 Å². The van der Waals surface area contributed by atoms with Crippen LogP contribution in [0.2, 0.25) is 0 Å². The Labute approximate surface area is 119 Å². The lowest BCUT2D eigenvalue weighted by atomic mass is 10.2. The first-order valence-electron chi connectivity index (χ1n) is 5.95. The van der Waals surface area contributed by atoms with Crippen LogP contribution in [-0.2, 0) is 0 Å². The van der Waals surface area contributed by atoms with Gasteiger partial charge in [0.1, 0.15) is 11.8 Å². The fraction of sp³-hybridized carbons (Fsp3) is 0. The van der Waals surface area contributed by atoms with E-state index < -0.39 is 0 Å². The first kappa shape index (κ1) is 12.6. The van der Waals surface area contributed by atoms with Crippen molar-refractivity contribution in [3.05, 3.63) is 48.3 Å². The fourth-order valence-electron chi connectivity index (χ4n) is 1.64. The van der Waals surface area contributed by atoms with Gasteiger partial charge in [-0.1, -0.05) is 12.1 Å². The summed E-state index contributed by atoms with van der Waals surface area (Å²) in [4.78, 5) is 12.0. The van der Waals surface area contributed by atoms with E-state index in [4.69, 9.17) is 15.7 Å². The average Bonchev–Trinajstić information content (AvgIpc) is 3.01. The number of hydrogen-bond acceptors (Lipinski definition) is 7. The SMILES string of the molecule is N#Cc1ccccc1Oc1nc(N)nc(-n2cccn2)n1. The molecule has 0 aliphatic rings. The maximum absolute atomic E-state index is 9.03. The van der Waals surface area contributed by atoms with Gasteiger partial charge in [-0.05, 0) is 18.2 Å². The van der Waals surface area contributed by atoms with Crippen LogP contribution in [0.15, 0.2) is 42.7 Å². The van der Waals surface area contributed by atoms with Crippen LogP contribution in [-0.4, -0.2) is 24.7 Å². The van der Waals surface area contributed by atoms with E-state index in [9.17, 15) is 0 Å². The summed E-state index contributed by atoms with van der Waals surface area (Å²) < 4.78 is 6.95. The summed E-state index contributed by atoms with van der Waals surface area (Å²) in [6, 6.07) is 10.5. The summed E-state index contributed by atoms with van der Waals surface area (Å²) in [6.45, 7) is 0. The lowest BCUT2D eigenvalue weighted by Crippen LogP contribution is -2.08. The topological polar surface area (TPSA) is 116 Å². The Morgan fingerprint density at radius 1 is 1.14 bits per heavy atom. The molecule has 2 aromatic heterocycles. The van der Waals surface area contributed by atoms with E-state index in [1.54, 1.807) is 42.7 Å². The van der Waals surface area contributed by atoms with Crippen molar-refractivity contribution in [2.24, 2.45) is 0 Å². The van der Waals surface area contributed by atoms with Crippen molar-refractivity contribution in [3.8, 4) is 23.8 Å². The van der Waals surface area contributed by atoms with E-state index in [1.807, 2.05) is 6.07 Å². The highest BCUT2D eigenvalue weighted by atomic mass is 16.5. The third kappa shape index (κ3) is 2.62. The number of anilines is 1. The molecule has 0 amide bonds. The van der Waals surface area contributed by atoms with Gasteiger partial charge in [0.25, 0.3) is 5.95 Å². The van der Waals surface area contributed by atoms with Gasteiger partial charge in [0.05, 0.1) is 5.56 Å². The van der Waals surface area contributed by atoms with E-state index in [0.29, 0.717) is 11.3 Å². The summed E-state index contributed by atoms with van der Waals surface area (Å²) in [5, 5.41) is 13.0. The number of nitrogens with zero attached hydrogens (tertiary/aromatic N) is 6. The predicted octanol–water partition coefficient (Wildman–Crippen LogP) is 1.30. The summed E-state index contributed by atoms with van der Waals surface area (Å²) in [7, 11) is 0. The predicted molar refractivity (Wildman–Crippen MR) is 72.6 cm³/mol. The summed E-state index contributed by atoms with van der Waals surface area (Å²) in [5.74, 6) is 0.578. The Hall–Kier alpha value is -3.47. The second kappa shape index (κ2) is 5.26. The smallest absolute Gasteiger partial charge is 0.328 e. The zero-order valence-corrected chi connectivity index (χ0v) is 10.7. The molecule has 0 fully saturated rings. The van der Waals surface area contributed by atoms with E-state index in [2.05, 4.69) is 20.1 Å². The molecule has 21 heavy (non-hydrogen) atoms. The summed E-state index contributed by atoms with van der Waals surface area (Å²) in [6.07, 6.45) is 3.26. The minimum atomic E-state index is -0.00398. The summed E-state index contributed by atoms with van der Waals surface area (Å²) >= 11 is 0. The van der Waals surface area contributed by atoms with E-state index in [0.717, 1.165) is 0 Å². The third-order valence-corrected chi connectivity index (χ3v) is 2.54. The van der Waals surface area contributed by atoms with Crippen LogP contribution in [0.1, 0.15) is 5.56 Å². The fourth-order valence-corrected chi connectivity index (χ4v) is 1.64. The molecule has 0 saturated heterocycles. The Morgan fingerprint density at radius 3 is 2.76 bits per heavy atom. The molecule has 102 valence electrons. The molecule has 0 atom stereocenters. The third-order valence-electron chi connectivity index (χ3n) is 2.54. The van der Waals surface area contributed by atoms with Crippen LogP contribution < -0.4 is 10.5 Å². The van der Waals surface area contributed by atoms with Gasteiger partial charge in [-0.3, -0.25) is 0 Å². The highest BCUT2D eigenvalue weighted by Crippen LogP contribution is 2.22. The molecule has 8 heteroatoms. The van der Waals surface area contributed by atoms with Crippen molar-refractivity contribution >= 4 is 5.95 Å². The number of aromatic nitrogens is 5. The maximum Gasteiger partial charge on any atom is 0.328 e. The van der Waals surface area contributed by atoms with Gasteiger partial charge in [-0.2, -0.15) is 25.3 Å². The monoisotopic (exact) mass is 279 g/mol. The highest BCUT2D eigenvalue weighted by Gasteiger charge is 2.10. The molecule has 3 rings (SSSR count). The Kier molecular flexibility index (Phi) is 3.15. The van der Waals surface area contributed by atoms with Crippen molar-refractivity contribution in [3.63, 3.8) is 0 Å². The number of nitriles is 1. The zero-order valence-electron chi connectivity index (χ0n) is 10.7. The molecular weight excluding hydrogens is 270 g/mol. The van der Waals surface area contributed by atoms with Crippen LogP contribution in [0.3, 0.4) is 0 Å². The minimum absolute atomic E-state index is 0.0000567. The molecule has 3 aromatic rings. The van der Waals surface area contributed by atoms with Gasteiger partial charge >= 0.3 is 6.01 Å². The molecule has 0 aliphatic heterocycles. The molecule has 0 radical (unpaired) electrons. The second-order valence-electron chi connectivity index (χ2n) is 3.94. The molecule has 0 bridgehead atoms. The van der Waals surface area contributed by atoms with Gasteiger partial charge in [0.2, 0.25) is 5.95 Å². The number of nitrogens with two attached hydrogens (primary N) is 1. The van der Waals surface area contributed by atoms with Crippen LogP contribution >= 0.6 is 0 Å². The Morgan fingerprint density at radius 2 is 2.00 bits per heavy atom. The maximum atomic E-state index is 9.03. The minimum Gasteiger partial charge on any atom is -0.423 e. The molecule has 0 spiro atoms. The van der Waals surface area contributed by atoms with Crippen molar-refractivity contribution in [1.82, 2.24) is 24.7 Å². The van der Waals surface area contributed by atoms with Gasteiger partial charge in [0.15, 0.2) is 0 Å². The van der Waals surface area contributed by atoms with Crippen molar-refractivity contribution in [2.75, 3.05) is 5.73 Å². The average molecular weight is 279 g/mol. The highest BCUT2D eigenvalue weighted by molar-refractivity contribution is 5.44. The van der Waals surface area contributed by atoms with Crippen LogP contribution in [0.5, 0.6) is 11.8 Å². The number of benzene rings is 1. The largest absolute Gasteiger partial charge is 0.423 e. The number of rotatable bonds is 3. The molecule has 0 unspecified atom stereocenters. The van der Waals surface area contributed by atoms with Gasteiger partial charge in [-0.25, -0.2) is 4.68 Å². The Bertz CT molecular complexity index is 808. The lowest BCUT2D eigenvalue weighted by molar-refractivity contribution is 0.437. The molecule has 2 N–H and O–H groups in total. The van der Waals surface area contributed by atoms with Crippen LogP contribution in [0.25, 0.3) is 5.95 Å². The van der Waals surface area contributed by atoms with Crippen LogP contribution in [0.4, 0.5) is 5.95 Å². The van der Waals surface area contributed by atoms with Gasteiger partial charge in [-0.15, -0.1) is 0 Å². The molecule has 0 saturated carbocycles. The van der Waals surface area contributed by atoms with Crippen LogP contribution in [0, 0.1) is 11.3 Å². The standard InChI is InChI=1S/C13H9N7O/c14-8-9-4-1-2-5-10(9)21-13-18-11(15)17-12(19-13)20-7-3-6-16-20/h1-7H,(H2,15,17,18,19). The number of para-hydroxylation sites is 1. The first-order valence-corrected chi connectivity index (χ1v) is 5.95. The number of nitrogen functional groups attached to an aromatic ring is 1. The molecule has 2 heterocycles. The lowest BCUT2D eigenvalue weighted by Gasteiger charge is -2.07. The molecule has 1 aromatic carbocycles. The van der Waals surface area contributed by atoms with Gasteiger partial charge < -0.3 is 10.5 Å². The molecule has 8 nitrogen and oxygen atoms in total. The van der Waals surface area contributed by atoms with E-state index in [1.165, 1.54) is 4.68 Å². The second-order valence-corrected chi connectivity index (χ2v) is 3.94.